The minimum absolute atomic E-state index is 0. The van der Waals surface area contributed by atoms with E-state index < -0.39 is 0 Å². The van der Waals surface area contributed by atoms with Gasteiger partial charge in [-0.3, -0.25) is 0 Å². The zero-order chi connectivity index (χ0) is 0. The number of rotatable bonds is 0. The van der Waals surface area contributed by atoms with Crippen molar-refractivity contribution < 1.29 is 113 Å². The molecule has 0 saturated carbocycles. The van der Waals surface area contributed by atoms with E-state index in [4.69, 9.17) is 0 Å². The van der Waals surface area contributed by atoms with Crippen LogP contribution in [0.5, 0.6) is 0 Å². The molecule has 0 unspecified atom stereocenters. The molecule has 8 heteroatoms. The maximum atomic E-state index is 0. The average Bonchev–Trinajstić information content (AvgIpc) is 0. The van der Waals surface area contributed by atoms with Crippen LogP contribution in [0.15, 0.2) is 0 Å². The monoisotopic (exact) mass is 317 g/mol. The van der Waals surface area contributed by atoms with Crippen LogP contribution in [-0.4, -0.2) is 0 Å². The third kappa shape index (κ3) is 64.8. The molecular formula is Cl6CoTi. The largest absolute Gasteiger partial charge is 4.00 e. The van der Waals surface area contributed by atoms with Gasteiger partial charge in [0.15, 0.2) is 0 Å². The molecule has 0 heterocycles. The van der Waals surface area contributed by atoms with Crippen molar-refractivity contribution in [3.63, 3.8) is 0 Å². The Morgan fingerprint density at radius 1 is 0.375 bits per heavy atom. The van der Waals surface area contributed by atoms with E-state index >= 15 is 0 Å². The summed E-state index contributed by atoms with van der Waals surface area (Å²) in [6.07, 6.45) is 0. The van der Waals surface area contributed by atoms with Crippen molar-refractivity contribution in [3.05, 3.63) is 0 Å². The molecule has 0 aliphatic rings. The van der Waals surface area contributed by atoms with E-state index in [2.05, 4.69) is 0 Å². The van der Waals surface area contributed by atoms with Gasteiger partial charge < -0.3 is 74.4 Å². The second kappa shape index (κ2) is 91.2. The van der Waals surface area contributed by atoms with Gasteiger partial charge in [-0.25, -0.2) is 0 Å². The predicted octanol–water partition coefficient (Wildman–Crippen LogP) is -18.0. The first-order valence-corrected chi connectivity index (χ1v) is 0. The fourth-order valence-corrected chi connectivity index (χ4v) is 0. The smallest absolute Gasteiger partial charge is 1.00 e. The van der Waals surface area contributed by atoms with Gasteiger partial charge in [-0.05, 0) is 0 Å². The standard InChI is InChI=1S/6ClH.Co.Ti/h6*1H;;/q;;;;;;+2;+4/p-6. The van der Waals surface area contributed by atoms with Crippen molar-refractivity contribution in [1.82, 2.24) is 0 Å². The maximum absolute atomic E-state index is 0. The minimum Gasteiger partial charge on any atom is -1.00 e. The second-order valence-corrected chi connectivity index (χ2v) is 0. The molecular weight excluding hydrogens is 320 g/mol. The van der Waals surface area contributed by atoms with Crippen LogP contribution in [0.25, 0.3) is 0 Å². The molecule has 8 heavy (non-hydrogen) atoms. The first-order chi connectivity index (χ1) is 0. The summed E-state index contributed by atoms with van der Waals surface area (Å²) in [5.41, 5.74) is 0. The molecule has 0 spiro atoms. The summed E-state index contributed by atoms with van der Waals surface area (Å²) in [5, 5.41) is 0. The molecule has 0 aliphatic heterocycles. The molecule has 0 fully saturated rings. The van der Waals surface area contributed by atoms with Crippen molar-refractivity contribution >= 4 is 0 Å². The molecule has 0 aliphatic carbocycles. The first kappa shape index (κ1) is 124. The molecule has 0 aromatic carbocycles. The Balaban J connectivity index is 0. The number of halogens is 6. The molecule has 0 rings (SSSR count). The summed E-state index contributed by atoms with van der Waals surface area (Å²) < 4.78 is 0. The van der Waals surface area contributed by atoms with Gasteiger partial charge >= 0.3 is 38.5 Å². The summed E-state index contributed by atoms with van der Waals surface area (Å²) in [6, 6.07) is 0. The molecule has 0 N–H and O–H groups in total. The Labute approximate surface area is 112 Å². The third-order valence-electron chi connectivity index (χ3n) is 0. The molecule has 55 valence electrons. The Morgan fingerprint density at radius 2 is 0.375 bits per heavy atom. The zero-order valence-electron chi connectivity index (χ0n) is 3.10. The zero-order valence-corrected chi connectivity index (χ0v) is 10.2. The first-order valence-electron chi connectivity index (χ1n) is 0. The Morgan fingerprint density at radius 3 is 0.375 bits per heavy atom. The molecule has 1 radical (unpaired) electrons. The van der Waals surface area contributed by atoms with E-state index in [1.54, 1.807) is 0 Å². The van der Waals surface area contributed by atoms with Crippen LogP contribution in [0.1, 0.15) is 0 Å². The quantitative estimate of drug-likeness (QED) is 0.389. The Kier molecular flexibility index (Phi) is 1410. The fraction of sp³-hybridized carbons (Fsp3) is 0. The van der Waals surface area contributed by atoms with Crippen molar-refractivity contribution in [2.75, 3.05) is 0 Å². The van der Waals surface area contributed by atoms with Gasteiger partial charge in [-0.2, -0.15) is 0 Å². The van der Waals surface area contributed by atoms with E-state index in [0.29, 0.717) is 0 Å². The van der Waals surface area contributed by atoms with Crippen LogP contribution in [-0.2, 0) is 38.5 Å². The van der Waals surface area contributed by atoms with Gasteiger partial charge in [-0.1, -0.05) is 0 Å². The van der Waals surface area contributed by atoms with Gasteiger partial charge in [0.1, 0.15) is 0 Å². The van der Waals surface area contributed by atoms with E-state index in [0.717, 1.165) is 0 Å². The molecule has 0 aromatic rings. The SMILES string of the molecule is [Cl-].[Cl-].[Cl-].[Cl-].[Cl-].[Cl-].[Co+2].[Ti+4]. The van der Waals surface area contributed by atoms with Crippen molar-refractivity contribution in [1.29, 1.82) is 0 Å². The normalized spacial score (nSPS) is 0. The van der Waals surface area contributed by atoms with Gasteiger partial charge in [-0.15, -0.1) is 0 Å². The molecule has 0 bridgehead atoms. The van der Waals surface area contributed by atoms with Gasteiger partial charge in [0.25, 0.3) is 0 Å². The molecule has 0 aromatic heterocycles. The molecule has 0 saturated heterocycles. The van der Waals surface area contributed by atoms with Crippen molar-refractivity contribution in [2.45, 2.75) is 0 Å². The molecule has 0 atom stereocenters. The van der Waals surface area contributed by atoms with Crippen LogP contribution >= 0.6 is 0 Å². The van der Waals surface area contributed by atoms with Crippen LogP contribution in [0.3, 0.4) is 0 Å². The summed E-state index contributed by atoms with van der Waals surface area (Å²) in [7, 11) is 0. The van der Waals surface area contributed by atoms with Crippen LogP contribution in [0.2, 0.25) is 0 Å². The van der Waals surface area contributed by atoms with E-state index in [-0.39, 0.29) is 113 Å². The molecule has 0 amide bonds. The van der Waals surface area contributed by atoms with Gasteiger partial charge in [0.2, 0.25) is 0 Å². The fourth-order valence-electron chi connectivity index (χ4n) is 0. The van der Waals surface area contributed by atoms with Crippen molar-refractivity contribution in [3.8, 4) is 0 Å². The van der Waals surface area contributed by atoms with Gasteiger partial charge in [0, 0.05) is 0 Å². The van der Waals surface area contributed by atoms with Crippen molar-refractivity contribution in [2.24, 2.45) is 0 Å². The molecule has 0 nitrogen and oxygen atoms in total. The van der Waals surface area contributed by atoms with E-state index in [9.17, 15) is 0 Å². The third-order valence-corrected chi connectivity index (χ3v) is 0. The number of hydrogen-bond acceptors (Lipinski definition) is 0. The van der Waals surface area contributed by atoms with E-state index in [1.807, 2.05) is 0 Å². The maximum Gasteiger partial charge on any atom is 4.00 e. The van der Waals surface area contributed by atoms with Gasteiger partial charge in [0.05, 0.1) is 0 Å². The van der Waals surface area contributed by atoms with E-state index in [1.165, 1.54) is 0 Å². The summed E-state index contributed by atoms with van der Waals surface area (Å²) in [4.78, 5) is 0. The van der Waals surface area contributed by atoms with Crippen LogP contribution in [0, 0.1) is 0 Å². The summed E-state index contributed by atoms with van der Waals surface area (Å²) in [5.74, 6) is 0. The summed E-state index contributed by atoms with van der Waals surface area (Å²) in [6.45, 7) is 0. The van der Waals surface area contributed by atoms with Crippen LogP contribution < -0.4 is 74.4 Å². The number of hydrogen-bond donors (Lipinski definition) is 0. The average molecular weight is 320 g/mol. The van der Waals surface area contributed by atoms with Crippen LogP contribution in [0.4, 0.5) is 0 Å². The Hall–Kier alpha value is 2.96. The topological polar surface area (TPSA) is 0 Å². The summed E-state index contributed by atoms with van der Waals surface area (Å²) >= 11 is 0. The Bertz CT molecular complexity index is 8.49. The second-order valence-electron chi connectivity index (χ2n) is 0. The minimum atomic E-state index is 0. The predicted molar refractivity (Wildman–Crippen MR) is 0 cm³/mol.